The number of nitrogens with zero attached hydrogens (tertiary/aromatic N) is 2. The molecule has 10 aromatic rings. The molecule has 2 heteroatoms. The fourth-order valence-corrected chi connectivity index (χ4v) is 8.05. The molecule has 0 N–H and O–H groups in total. The number of aromatic nitrogens is 1. The lowest BCUT2D eigenvalue weighted by Crippen LogP contribution is -2.11. The number of pyridine rings is 1. The van der Waals surface area contributed by atoms with Gasteiger partial charge >= 0.3 is 0 Å². The Balaban J connectivity index is 1.20. The second-order valence-corrected chi connectivity index (χ2v) is 13.1. The maximum atomic E-state index is 4.81. The summed E-state index contributed by atoms with van der Waals surface area (Å²) in [6, 6.07) is 67.9. The van der Waals surface area contributed by atoms with E-state index in [1.54, 1.807) is 0 Å². The van der Waals surface area contributed by atoms with Gasteiger partial charge in [0, 0.05) is 17.3 Å². The Bertz CT molecular complexity index is 2850. The summed E-state index contributed by atoms with van der Waals surface area (Å²) >= 11 is 0. The molecule has 0 aliphatic rings. The lowest BCUT2D eigenvalue weighted by molar-refractivity contribution is 1.19. The topological polar surface area (TPSA) is 16.1 Å². The third kappa shape index (κ3) is 4.76. The molecule has 0 unspecified atom stereocenters. The minimum Gasteiger partial charge on any atom is -0.294 e. The number of rotatable bonds is 5. The SMILES string of the molecule is c1ccc(N(c2ccc(-c3c4ccccc4c(-c4cc5ccccc5c5ccccc45)c4ccccc34)cc2)c2cccc3ccccc23)nc1. The molecule has 0 radical (unpaired) electrons. The molecule has 1 aromatic heterocycles. The summed E-state index contributed by atoms with van der Waals surface area (Å²) in [6.45, 7) is 0. The highest BCUT2D eigenvalue weighted by Crippen LogP contribution is 2.47. The zero-order chi connectivity index (χ0) is 33.7. The highest BCUT2D eigenvalue weighted by molar-refractivity contribution is 6.25. The fourth-order valence-electron chi connectivity index (χ4n) is 8.05. The Hall–Kier alpha value is -6.77. The van der Waals surface area contributed by atoms with Crippen LogP contribution in [-0.2, 0) is 0 Å². The molecule has 0 saturated carbocycles. The maximum Gasteiger partial charge on any atom is 0.137 e. The van der Waals surface area contributed by atoms with Gasteiger partial charge in [-0.3, -0.25) is 4.90 Å². The van der Waals surface area contributed by atoms with Gasteiger partial charge in [-0.15, -0.1) is 0 Å². The van der Waals surface area contributed by atoms with Gasteiger partial charge in [0.25, 0.3) is 0 Å². The van der Waals surface area contributed by atoms with Crippen molar-refractivity contribution in [3.05, 3.63) is 194 Å². The van der Waals surface area contributed by atoms with Crippen molar-refractivity contribution in [2.24, 2.45) is 0 Å². The van der Waals surface area contributed by atoms with E-state index in [0.29, 0.717) is 0 Å². The second kappa shape index (κ2) is 12.0. The summed E-state index contributed by atoms with van der Waals surface area (Å²) in [6.07, 6.45) is 1.86. The fraction of sp³-hybridized carbons (Fsp3) is 0. The first-order valence-corrected chi connectivity index (χ1v) is 17.5. The van der Waals surface area contributed by atoms with Crippen molar-refractivity contribution in [3.8, 4) is 22.3 Å². The molecule has 0 amide bonds. The average molecular weight is 649 g/mol. The summed E-state index contributed by atoms with van der Waals surface area (Å²) in [7, 11) is 0. The summed E-state index contributed by atoms with van der Waals surface area (Å²) in [5, 5.41) is 12.5. The van der Waals surface area contributed by atoms with Gasteiger partial charge in [0.05, 0.1) is 5.69 Å². The van der Waals surface area contributed by atoms with Gasteiger partial charge in [0.2, 0.25) is 0 Å². The van der Waals surface area contributed by atoms with Crippen molar-refractivity contribution >= 4 is 71.1 Å². The lowest BCUT2D eigenvalue weighted by atomic mass is 9.84. The molecule has 0 aliphatic carbocycles. The van der Waals surface area contributed by atoms with Crippen molar-refractivity contribution < 1.29 is 0 Å². The summed E-state index contributed by atoms with van der Waals surface area (Å²) < 4.78 is 0. The van der Waals surface area contributed by atoms with E-state index in [0.717, 1.165) is 17.2 Å². The molecule has 0 atom stereocenters. The predicted octanol–water partition coefficient (Wildman–Crippen LogP) is 13.7. The number of fused-ring (bicyclic) bond motifs is 6. The molecule has 0 spiro atoms. The van der Waals surface area contributed by atoms with E-state index in [-0.39, 0.29) is 0 Å². The number of benzene rings is 9. The molecule has 0 saturated heterocycles. The van der Waals surface area contributed by atoms with Crippen molar-refractivity contribution in [2.45, 2.75) is 0 Å². The van der Waals surface area contributed by atoms with E-state index in [1.165, 1.54) is 76.1 Å². The Kier molecular flexibility index (Phi) is 6.85. The van der Waals surface area contributed by atoms with E-state index in [9.17, 15) is 0 Å². The molecule has 2 nitrogen and oxygen atoms in total. The van der Waals surface area contributed by atoms with Gasteiger partial charge < -0.3 is 0 Å². The van der Waals surface area contributed by atoms with Crippen LogP contribution >= 0.6 is 0 Å². The van der Waals surface area contributed by atoms with Gasteiger partial charge in [-0.2, -0.15) is 0 Å². The van der Waals surface area contributed by atoms with Crippen LogP contribution in [-0.4, -0.2) is 4.98 Å². The van der Waals surface area contributed by atoms with Crippen LogP contribution < -0.4 is 4.90 Å². The zero-order valence-corrected chi connectivity index (χ0v) is 27.9. The van der Waals surface area contributed by atoms with Gasteiger partial charge in [0.1, 0.15) is 5.82 Å². The molecule has 51 heavy (non-hydrogen) atoms. The van der Waals surface area contributed by atoms with Crippen LogP contribution in [0.15, 0.2) is 194 Å². The van der Waals surface area contributed by atoms with E-state index in [4.69, 9.17) is 4.98 Å². The Labute approximate surface area is 296 Å². The summed E-state index contributed by atoms with van der Waals surface area (Å²) in [5.74, 6) is 0.879. The quantitative estimate of drug-likeness (QED) is 0.136. The highest BCUT2D eigenvalue weighted by atomic mass is 15.2. The number of hydrogen-bond acceptors (Lipinski definition) is 2. The molecule has 1 heterocycles. The first-order chi connectivity index (χ1) is 25.3. The van der Waals surface area contributed by atoms with Crippen molar-refractivity contribution in [3.63, 3.8) is 0 Å². The van der Waals surface area contributed by atoms with Crippen molar-refractivity contribution in [1.29, 1.82) is 0 Å². The Morgan fingerprint density at radius 1 is 0.353 bits per heavy atom. The van der Waals surface area contributed by atoms with Crippen LogP contribution in [0.25, 0.3) is 76.1 Å². The second-order valence-electron chi connectivity index (χ2n) is 13.1. The number of hydrogen-bond donors (Lipinski definition) is 0. The van der Waals surface area contributed by atoms with Crippen molar-refractivity contribution in [2.75, 3.05) is 4.90 Å². The standard InChI is InChI=1S/C49H32N2/c1-4-18-38-33(14-1)16-13-25-46(38)51(47-26-11-12-31-50-47)36-29-27-34(28-30-36)48-41-21-7-9-23-43(41)49(44-24-10-8-22-42(44)48)45-32-35-15-2-3-17-37(35)39-19-5-6-20-40(39)45/h1-32H. The Morgan fingerprint density at radius 3 is 1.55 bits per heavy atom. The minimum absolute atomic E-state index is 0.879. The van der Waals surface area contributed by atoms with Crippen LogP contribution in [0.4, 0.5) is 17.2 Å². The summed E-state index contributed by atoms with van der Waals surface area (Å²) in [5.41, 5.74) is 7.13. The molecule has 238 valence electrons. The Morgan fingerprint density at radius 2 is 0.882 bits per heavy atom. The highest BCUT2D eigenvalue weighted by Gasteiger charge is 2.20. The average Bonchev–Trinajstić information content (AvgIpc) is 3.21. The van der Waals surface area contributed by atoms with Crippen LogP contribution in [0.1, 0.15) is 0 Å². The van der Waals surface area contributed by atoms with Gasteiger partial charge in [0.15, 0.2) is 0 Å². The van der Waals surface area contributed by atoms with Crippen LogP contribution in [0.2, 0.25) is 0 Å². The normalized spacial score (nSPS) is 11.5. The summed E-state index contributed by atoms with van der Waals surface area (Å²) in [4.78, 5) is 7.07. The van der Waals surface area contributed by atoms with E-state index < -0.39 is 0 Å². The first kappa shape index (κ1) is 29.2. The molecular formula is C49H32N2. The van der Waals surface area contributed by atoms with Gasteiger partial charge in [-0.25, -0.2) is 4.98 Å². The van der Waals surface area contributed by atoms with Gasteiger partial charge in [-0.05, 0) is 107 Å². The van der Waals surface area contributed by atoms with E-state index in [1.807, 2.05) is 18.3 Å². The third-order valence-electron chi connectivity index (χ3n) is 10.3. The van der Waals surface area contributed by atoms with E-state index in [2.05, 4.69) is 181 Å². The minimum atomic E-state index is 0.879. The maximum absolute atomic E-state index is 4.81. The first-order valence-electron chi connectivity index (χ1n) is 17.5. The van der Waals surface area contributed by atoms with E-state index >= 15 is 0 Å². The van der Waals surface area contributed by atoms with Crippen LogP contribution in [0.5, 0.6) is 0 Å². The van der Waals surface area contributed by atoms with Crippen LogP contribution in [0.3, 0.4) is 0 Å². The molecule has 10 rings (SSSR count). The molecular weight excluding hydrogens is 617 g/mol. The zero-order valence-electron chi connectivity index (χ0n) is 27.9. The molecule has 0 bridgehead atoms. The van der Waals surface area contributed by atoms with Crippen molar-refractivity contribution in [1.82, 2.24) is 4.98 Å². The number of anilines is 3. The molecule has 0 fully saturated rings. The van der Waals surface area contributed by atoms with Gasteiger partial charge in [-0.1, -0.05) is 152 Å². The predicted molar refractivity (Wildman–Crippen MR) is 217 cm³/mol. The lowest BCUT2D eigenvalue weighted by Gasteiger charge is -2.26. The molecule has 0 aliphatic heterocycles. The monoisotopic (exact) mass is 648 g/mol. The largest absolute Gasteiger partial charge is 0.294 e. The van der Waals surface area contributed by atoms with Crippen LogP contribution in [0, 0.1) is 0 Å². The smallest absolute Gasteiger partial charge is 0.137 e. The molecule has 9 aromatic carbocycles. The third-order valence-corrected chi connectivity index (χ3v) is 10.3.